The van der Waals surface area contributed by atoms with Gasteiger partial charge in [0, 0.05) is 25.2 Å². The van der Waals surface area contributed by atoms with E-state index in [0.717, 1.165) is 0 Å². The predicted octanol–water partition coefficient (Wildman–Crippen LogP) is 4.72. The summed E-state index contributed by atoms with van der Waals surface area (Å²) in [5.74, 6) is 0.929. The Morgan fingerprint density at radius 3 is 2.71 bits per heavy atom. The summed E-state index contributed by atoms with van der Waals surface area (Å²) in [5, 5.41) is 7.94. The largest absolute Gasteiger partial charge is 0.438 e. The van der Waals surface area contributed by atoms with E-state index >= 15 is 0 Å². The maximum atomic E-state index is 12.2. The number of benzene rings is 1. The highest BCUT2D eigenvalue weighted by Gasteiger charge is 2.26. The van der Waals surface area contributed by atoms with Crippen molar-refractivity contribution in [3.05, 3.63) is 41.0 Å². The van der Waals surface area contributed by atoms with Crippen molar-refractivity contribution in [1.29, 1.82) is 0 Å². The molecule has 9 heteroatoms. The normalized spacial score (nSPS) is 11.8. The second-order valence-corrected chi connectivity index (χ2v) is 5.84. The number of pyridine rings is 1. The average molecular weight is 401 g/mol. The number of rotatable bonds is 5. The number of nitrogens with zero attached hydrogens (tertiary/aromatic N) is 4. The van der Waals surface area contributed by atoms with Gasteiger partial charge in [-0.15, -0.1) is 5.10 Å². The lowest BCUT2D eigenvalue weighted by molar-refractivity contribution is -0.136. The van der Waals surface area contributed by atoms with E-state index < -0.39 is 12.6 Å². The van der Waals surface area contributed by atoms with Crippen molar-refractivity contribution in [2.24, 2.45) is 0 Å². The number of alkyl halides is 3. The predicted molar refractivity (Wildman–Crippen MR) is 84.8 cm³/mol. The Morgan fingerprint density at radius 1 is 1.17 bits per heavy atom. The van der Waals surface area contributed by atoms with Gasteiger partial charge in [0.1, 0.15) is 11.3 Å². The van der Waals surface area contributed by atoms with Gasteiger partial charge in [0.25, 0.3) is 0 Å². The Labute approximate surface area is 143 Å². The zero-order valence-electron chi connectivity index (χ0n) is 12.3. The van der Waals surface area contributed by atoms with Crippen molar-refractivity contribution in [2.45, 2.75) is 25.6 Å². The summed E-state index contributed by atoms with van der Waals surface area (Å²) in [7, 11) is 0. The topological polar surface area (TPSA) is 52.8 Å². The molecule has 0 saturated heterocycles. The first-order valence-electron chi connectivity index (χ1n) is 7.11. The smallest absolute Gasteiger partial charge is 0.389 e. The molecule has 126 valence electrons. The molecular formula is C15H12BrF3N4O. The van der Waals surface area contributed by atoms with Crippen LogP contribution < -0.4 is 4.74 Å². The standard InChI is InChI=1S/C15H12BrF3N4O/c16-13-11(24-12-4-1-2-8-20-12)6-5-10-14(13)21-22-23(10)9-3-7-15(17,18)19/h1-2,4-6,8H,3,7,9H2. The molecule has 0 aliphatic carbocycles. The van der Waals surface area contributed by atoms with Crippen molar-refractivity contribution in [2.75, 3.05) is 0 Å². The van der Waals surface area contributed by atoms with Crippen molar-refractivity contribution in [3.63, 3.8) is 0 Å². The lowest BCUT2D eigenvalue weighted by Crippen LogP contribution is -2.09. The molecule has 24 heavy (non-hydrogen) atoms. The number of halogens is 4. The first-order chi connectivity index (χ1) is 11.4. The number of ether oxygens (including phenoxy) is 1. The van der Waals surface area contributed by atoms with Gasteiger partial charge in [0.05, 0.1) is 9.99 Å². The Balaban J connectivity index is 1.80. The second kappa shape index (κ2) is 6.76. The minimum Gasteiger partial charge on any atom is -0.438 e. The zero-order chi connectivity index (χ0) is 17.2. The molecule has 0 bridgehead atoms. The first-order valence-corrected chi connectivity index (χ1v) is 7.91. The van der Waals surface area contributed by atoms with E-state index in [9.17, 15) is 13.2 Å². The summed E-state index contributed by atoms with van der Waals surface area (Å²) >= 11 is 3.40. The highest BCUT2D eigenvalue weighted by molar-refractivity contribution is 9.10. The van der Waals surface area contributed by atoms with Crippen LogP contribution in [0.3, 0.4) is 0 Å². The van der Waals surface area contributed by atoms with Gasteiger partial charge in [-0.2, -0.15) is 13.2 Å². The molecular weight excluding hydrogens is 389 g/mol. The molecule has 0 saturated carbocycles. The van der Waals surface area contributed by atoms with E-state index in [1.54, 1.807) is 36.5 Å². The van der Waals surface area contributed by atoms with Gasteiger partial charge in [0.15, 0.2) is 0 Å². The van der Waals surface area contributed by atoms with Gasteiger partial charge in [-0.3, -0.25) is 0 Å². The Hall–Kier alpha value is -2.16. The SMILES string of the molecule is FC(F)(F)CCCn1nnc2c(Br)c(Oc3ccccn3)ccc21. The van der Waals surface area contributed by atoms with Gasteiger partial charge in [-0.1, -0.05) is 11.3 Å². The fourth-order valence-corrected chi connectivity index (χ4v) is 2.68. The summed E-state index contributed by atoms with van der Waals surface area (Å²) in [4.78, 5) is 4.07. The molecule has 5 nitrogen and oxygen atoms in total. The maximum absolute atomic E-state index is 12.2. The molecule has 0 amide bonds. The van der Waals surface area contributed by atoms with Crippen LogP contribution >= 0.6 is 15.9 Å². The van der Waals surface area contributed by atoms with Crippen LogP contribution in [-0.4, -0.2) is 26.2 Å². The van der Waals surface area contributed by atoms with Crippen molar-refractivity contribution in [1.82, 2.24) is 20.0 Å². The molecule has 0 atom stereocenters. The lowest BCUT2D eigenvalue weighted by Gasteiger charge is -2.08. The Kier molecular flexibility index (Phi) is 4.70. The molecule has 0 N–H and O–H groups in total. The molecule has 0 aliphatic rings. The minimum atomic E-state index is -4.17. The number of hydrogen-bond donors (Lipinski definition) is 0. The number of aryl methyl sites for hydroxylation is 1. The van der Waals surface area contributed by atoms with Crippen molar-refractivity contribution >= 4 is 27.0 Å². The van der Waals surface area contributed by atoms with Crippen LogP contribution in [0.4, 0.5) is 13.2 Å². The molecule has 0 spiro atoms. The molecule has 3 rings (SSSR count). The monoisotopic (exact) mass is 400 g/mol. The maximum Gasteiger partial charge on any atom is 0.389 e. The molecule has 3 aromatic rings. The van der Waals surface area contributed by atoms with Crippen LogP contribution in [0.2, 0.25) is 0 Å². The summed E-state index contributed by atoms with van der Waals surface area (Å²) in [6, 6.07) is 8.70. The summed E-state index contributed by atoms with van der Waals surface area (Å²) in [5.41, 5.74) is 1.16. The van der Waals surface area contributed by atoms with Gasteiger partial charge < -0.3 is 4.74 Å². The van der Waals surface area contributed by atoms with E-state index in [1.165, 1.54) is 4.68 Å². The minimum absolute atomic E-state index is 0.0498. The van der Waals surface area contributed by atoms with Crippen LogP contribution in [-0.2, 0) is 6.54 Å². The molecule has 2 aromatic heterocycles. The molecule has 0 radical (unpaired) electrons. The average Bonchev–Trinajstić information content (AvgIpc) is 2.94. The van der Waals surface area contributed by atoms with Crippen molar-refractivity contribution in [3.8, 4) is 11.6 Å². The third kappa shape index (κ3) is 3.84. The molecule has 0 fully saturated rings. The fourth-order valence-electron chi connectivity index (χ4n) is 2.18. The third-order valence-corrected chi connectivity index (χ3v) is 4.04. The van der Waals surface area contributed by atoms with Gasteiger partial charge in [0.2, 0.25) is 5.88 Å². The Morgan fingerprint density at radius 2 is 2.00 bits per heavy atom. The zero-order valence-corrected chi connectivity index (χ0v) is 13.9. The second-order valence-electron chi connectivity index (χ2n) is 5.05. The summed E-state index contributed by atoms with van der Waals surface area (Å²) in [6.07, 6.45) is -3.46. The number of aromatic nitrogens is 4. The molecule has 2 heterocycles. The summed E-state index contributed by atoms with van der Waals surface area (Å²) < 4.78 is 44.4. The van der Waals surface area contributed by atoms with Crippen molar-refractivity contribution < 1.29 is 17.9 Å². The van der Waals surface area contributed by atoms with E-state index in [-0.39, 0.29) is 13.0 Å². The third-order valence-electron chi connectivity index (χ3n) is 3.27. The van der Waals surface area contributed by atoms with Crippen LogP contribution in [0.5, 0.6) is 11.6 Å². The van der Waals surface area contributed by atoms with Crippen LogP contribution in [0, 0.1) is 0 Å². The van der Waals surface area contributed by atoms with Crippen LogP contribution in [0.15, 0.2) is 41.0 Å². The molecule has 0 aliphatic heterocycles. The van der Waals surface area contributed by atoms with Gasteiger partial charge in [-0.05, 0) is 40.5 Å². The quantitative estimate of drug-likeness (QED) is 0.621. The van der Waals surface area contributed by atoms with Crippen LogP contribution in [0.1, 0.15) is 12.8 Å². The fraction of sp³-hybridized carbons (Fsp3) is 0.267. The van der Waals surface area contributed by atoms with Crippen LogP contribution in [0.25, 0.3) is 11.0 Å². The first kappa shape index (κ1) is 16.7. The van der Waals surface area contributed by atoms with E-state index in [1.807, 2.05) is 0 Å². The summed E-state index contributed by atoms with van der Waals surface area (Å²) in [6.45, 7) is 0.142. The highest BCUT2D eigenvalue weighted by atomic mass is 79.9. The number of hydrogen-bond acceptors (Lipinski definition) is 4. The molecule has 0 unspecified atom stereocenters. The van der Waals surface area contributed by atoms with Gasteiger partial charge in [-0.25, -0.2) is 9.67 Å². The molecule has 1 aromatic carbocycles. The highest BCUT2D eigenvalue weighted by Crippen LogP contribution is 2.34. The number of fused-ring (bicyclic) bond motifs is 1. The van der Waals surface area contributed by atoms with E-state index in [2.05, 4.69) is 31.2 Å². The van der Waals surface area contributed by atoms with Gasteiger partial charge >= 0.3 is 6.18 Å². The lowest BCUT2D eigenvalue weighted by atomic mass is 10.2. The van der Waals surface area contributed by atoms with E-state index in [4.69, 9.17) is 4.74 Å². The van der Waals surface area contributed by atoms with E-state index in [0.29, 0.717) is 27.1 Å². The Bertz CT molecular complexity index is 836.